The molecule has 0 amide bonds. The van der Waals surface area contributed by atoms with Gasteiger partial charge in [0.1, 0.15) is 13.2 Å². The van der Waals surface area contributed by atoms with E-state index < -0.39 is 6.10 Å². The van der Waals surface area contributed by atoms with E-state index in [1.165, 1.54) is 289 Å². The molecule has 1 unspecified atom stereocenters. The van der Waals surface area contributed by atoms with Gasteiger partial charge in [0, 0.05) is 19.3 Å². The van der Waals surface area contributed by atoms with E-state index in [9.17, 15) is 14.4 Å². The highest BCUT2D eigenvalue weighted by Crippen LogP contribution is 2.18. The lowest BCUT2D eigenvalue weighted by molar-refractivity contribution is -0.167. The predicted octanol–water partition coefficient (Wildman–Crippen LogP) is 23.4. The molecule has 0 N–H and O–H groups in total. The number of hydrogen-bond acceptors (Lipinski definition) is 6. The van der Waals surface area contributed by atoms with E-state index in [2.05, 4.69) is 45.1 Å². The van der Waals surface area contributed by atoms with Crippen LogP contribution in [0.4, 0.5) is 0 Å². The van der Waals surface area contributed by atoms with Gasteiger partial charge < -0.3 is 14.2 Å². The quantitative estimate of drug-likeness (QED) is 0.0261. The molecule has 0 aliphatic rings. The van der Waals surface area contributed by atoms with Gasteiger partial charge in [0.2, 0.25) is 0 Å². The fraction of sp³-hybridized carbons (Fsp3) is 0.900. The van der Waals surface area contributed by atoms with Gasteiger partial charge in [-0.25, -0.2) is 0 Å². The second-order valence-electron chi connectivity index (χ2n) is 23.4. The molecule has 0 aromatic heterocycles. The number of carbonyl (C=O) groups is 3. The maximum Gasteiger partial charge on any atom is 0.306 e. The summed E-state index contributed by atoms with van der Waals surface area (Å²) < 4.78 is 17.0. The van der Waals surface area contributed by atoms with Crippen LogP contribution in [0.3, 0.4) is 0 Å². The Morgan fingerprint density at radius 1 is 0.250 bits per heavy atom. The number of ether oxygens (including phenoxy) is 3. The summed E-state index contributed by atoms with van der Waals surface area (Å²) in [5, 5.41) is 0. The molecule has 0 aliphatic carbocycles. The highest BCUT2D eigenvalue weighted by molar-refractivity contribution is 5.71. The minimum Gasteiger partial charge on any atom is -0.462 e. The summed E-state index contributed by atoms with van der Waals surface area (Å²) >= 11 is 0. The van der Waals surface area contributed by atoms with Crippen molar-refractivity contribution in [3.8, 4) is 0 Å². The number of rotatable bonds is 64. The lowest BCUT2D eigenvalue weighted by Crippen LogP contribution is -2.30. The van der Waals surface area contributed by atoms with Crippen molar-refractivity contribution >= 4 is 17.9 Å². The highest BCUT2D eigenvalue weighted by atomic mass is 16.6. The molecule has 76 heavy (non-hydrogen) atoms. The fourth-order valence-corrected chi connectivity index (χ4v) is 10.5. The van der Waals surface area contributed by atoms with Gasteiger partial charge in [0.25, 0.3) is 0 Å². The number of hydrogen-bond donors (Lipinski definition) is 0. The molecule has 0 saturated carbocycles. The van der Waals surface area contributed by atoms with Gasteiger partial charge in [-0.15, -0.1) is 0 Å². The van der Waals surface area contributed by atoms with Crippen molar-refractivity contribution in [3.05, 3.63) is 24.3 Å². The molecule has 6 nitrogen and oxygen atoms in total. The summed E-state index contributed by atoms with van der Waals surface area (Å²) in [6.07, 6.45) is 79.2. The monoisotopic (exact) mass is 1070 g/mol. The molecular formula is C70H132O6. The van der Waals surface area contributed by atoms with Crippen LogP contribution in [0, 0.1) is 0 Å². The smallest absolute Gasteiger partial charge is 0.306 e. The lowest BCUT2D eigenvalue weighted by atomic mass is 10.0. The number of carbonyl (C=O) groups excluding carboxylic acids is 3. The van der Waals surface area contributed by atoms with E-state index in [1.54, 1.807) is 0 Å². The number of unbranched alkanes of at least 4 members (excludes halogenated alkanes) is 49. The van der Waals surface area contributed by atoms with Gasteiger partial charge in [-0.1, -0.05) is 321 Å². The molecule has 1 atom stereocenters. The first-order valence-corrected chi connectivity index (χ1v) is 34.3. The molecular weight excluding hydrogens is 937 g/mol. The van der Waals surface area contributed by atoms with Crippen molar-refractivity contribution in [3.63, 3.8) is 0 Å². The molecule has 0 heterocycles. The van der Waals surface area contributed by atoms with Gasteiger partial charge in [0.15, 0.2) is 6.10 Å². The van der Waals surface area contributed by atoms with E-state index in [0.717, 1.165) is 57.8 Å². The molecule has 0 saturated heterocycles. The second-order valence-corrected chi connectivity index (χ2v) is 23.4. The number of esters is 3. The fourth-order valence-electron chi connectivity index (χ4n) is 10.5. The minimum atomic E-state index is -0.770. The van der Waals surface area contributed by atoms with Crippen LogP contribution in [0.2, 0.25) is 0 Å². The first-order chi connectivity index (χ1) is 37.5. The Morgan fingerprint density at radius 2 is 0.434 bits per heavy atom. The second kappa shape index (κ2) is 65.4. The number of allylic oxidation sites excluding steroid dienone is 4. The van der Waals surface area contributed by atoms with Crippen molar-refractivity contribution in [2.75, 3.05) is 13.2 Å². The van der Waals surface area contributed by atoms with Crippen molar-refractivity contribution in [2.24, 2.45) is 0 Å². The first-order valence-electron chi connectivity index (χ1n) is 34.3. The third kappa shape index (κ3) is 62.7. The molecule has 0 fully saturated rings. The summed E-state index contributed by atoms with van der Waals surface area (Å²) in [4.78, 5) is 38.3. The summed E-state index contributed by atoms with van der Waals surface area (Å²) in [5.74, 6) is -0.842. The molecule has 0 aromatic rings. The standard InChI is InChI=1S/C70H132O6/c1-4-7-10-13-16-19-22-25-27-29-31-32-33-34-35-36-37-38-39-41-42-45-48-51-54-57-60-63-69(72)75-66-67(65-74-68(71)62-59-56-53-50-47-44-24-21-18-15-12-9-6-3)76-70(73)64-61-58-55-52-49-46-43-40-30-28-26-23-20-17-14-11-8-5-2/h28-31,67H,4-27,32-66H2,1-3H3/b30-28-,31-29-. The van der Waals surface area contributed by atoms with E-state index in [1.807, 2.05) is 0 Å². The molecule has 0 aliphatic heterocycles. The molecule has 448 valence electrons. The highest BCUT2D eigenvalue weighted by Gasteiger charge is 2.19. The third-order valence-corrected chi connectivity index (χ3v) is 15.7. The Balaban J connectivity index is 4.20. The molecule has 0 bridgehead atoms. The summed E-state index contributed by atoms with van der Waals surface area (Å²) in [5.41, 5.74) is 0. The summed E-state index contributed by atoms with van der Waals surface area (Å²) in [7, 11) is 0. The molecule has 0 radical (unpaired) electrons. The maximum absolute atomic E-state index is 12.9. The van der Waals surface area contributed by atoms with E-state index in [0.29, 0.717) is 19.3 Å². The van der Waals surface area contributed by atoms with Crippen LogP contribution in [0.1, 0.15) is 387 Å². The Hall–Kier alpha value is -2.11. The SMILES string of the molecule is CCCCCCCCC/C=C\CCCCCCCCCC(=O)OC(COC(=O)CCCCCCCCCCCCCCC)COC(=O)CCCCCCCCCCCCCCCCC/C=C\CCCCCCCCCC. The topological polar surface area (TPSA) is 78.9 Å². The Kier molecular flexibility index (Phi) is 63.6. The van der Waals surface area contributed by atoms with Gasteiger partial charge >= 0.3 is 17.9 Å². The van der Waals surface area contributed by atoms with Gasteiger partial charge in [-0.05, 0) is 70.6 Å². The van der Waals surface area contributed by atoms with Crippen LogP contribution in [0.5, 0.6) is 0 Å². The largest absolute Gasteiger partial charge is 0.462 e. The summed E-state index contributed by atoms with van der Waals surface area (Å²) in [6, 6.07) is 0. The molecule has 6 heteroatoms. The van der Waals surface area contributed by atoms with Gasteiger partial charge in [0.05, 0.1) is 0 Å². The Morgan fingerprint density at radius 3 is 0.658 bits per heavy atom. The molecule has 0 rings (SSSR count). The van der Waals surface area contributed by atoms with E-state index >= 15 is 0 Å². The van der Waals surface area contributed by atoms with Crippen LogP contribution in [-0.2, 0) is 28.6 Å². The van der Waals surface area contributed by atoms with E-state index in [4.69, 9.17) is 14.2 Å². The van der Waals surface area contributed by atoms with Crippen LogP contribution < -0.4 is 0 Å². The molecule has 0 spiro atoms. The molecule has 0 aromatic carbocycles. The van der Waals surface area contributed by atoms with Crippen molar-refractivity contribution < 1.29 is 28.6 Å². The zero-order valence-electron chi connectivity index (χ0n) is 51.6. The minimum absolute atomic E-state index is 0.0671. The Bertz CT molecular complexity index is 1230. The van der Waals surface area contributed by atoms with Crippen LogP contribution in [0.25, 0.3) is 0 Å². The van der Waals surface area contributed by atoms with E-state index in [-0.39, 0.29) is 31.1 Å². The van der Waals surface area contributed by atoms with Crippen LogP contribution in [0.15, 0.2) is 24.3 Å². The van der Waals surface area contributed by atoms with Crippen molar-refractivity contribution in [1.29, 1.82) is 0 Å². The summed E-state index contributed by atoms with van der Waals surface area (Å²) in [6.45, 7) is 6.70. The Labute approximate surface area is 474 Å². The lowest BCUT2D eigenvalue weighted by Gasteiger charge is -2.18. The van der Waals surface area contributed by atoms with Crippen molar-refractivity contribution in [1.82, 2.24) is 0 Å². The van der Waals surface area contributed by atoms with Gasteiger partial charge in [-0.2, -0.15) is 0 Å². The first kappa shape index (κ1) is 73.9. The van der Waals surface area contributed by atoms with Gasteiger partial charge in [-0.3, -0.25) is 14.4 Å². The van der Waals surface area contributed by atoms with Crippen LogP contribution in [-0.4, -0.2) is 37.2 Å². The maximum atomic E-state index is 12.9. The predicted molar refractivity (Wildman–Crippen MR) is 330 cm³/mol. The van der Waals surface area contributed by atoms with Crippen molar-refractivity contribution in [2.45, 2.75) is 393 Å². The third-order valence-electron chi connectivity index (χ3n) is 15.7. The zero-order chi connectivity index (χ0) is 55.0. The average molecular weight is 1070 g/mol. The van der Waals surface area contributed by atoms with Crippen LogP contribution >= 0.6 is 0 Å². The zero-order valence-corrected chi connectivity index (χ0v) is 51.6. The normalized spacial score (nSPS) is 12.1. The average Bonchev–Trinajstić information content (AvgIpc) is 3.42.